The van der Waals surface area contributed by atoms with Crippen LogP contribution in [0.2, 0.25) is 0 Å². The number of aliphatic hydroxyl groups excluding tert-OH is 1. The number of carboxylic acid groups (broad SMARTS) is 1. The van der Waals surface area contributed by atoms with Crippen molar-refractivity contribution in [2.24, 2.45) is 11.8 Å². The van der Waals surface area contributed by atoms with Crippen LogP contribution in [0.1, 0.15) is 46.5 Å². The Kier molecular flexibility index (Phi) is 7.34. The van der Waals surface area contributed by atoms with E-state index in [1.165, 1.54) is 0 Å². The third-order valence-electron chi connectivity index (χ3n) is 4.07. The van der Waals surface area contributed by atoms with Crippen molar-refractivity contribution in [3.63, 3.8) is 0 Å². The van der Waals surface area contributed by atoms with E-state index in [2.05, 4.69) is 5.32 Å². The van der Waals surface area contributed by atoms with Crippen molar-refractivity contribution < 1.29 is 15.0 Å². The van der Waals surface area contributed by atoms with Gasteiger partial charge in [-0.15, -0.1) is 0 Å². The minimum atomic E-state index is -0.725. The fourth-order valence-corrected chi connectivity index (χ4v) is 4.21. The van der Waals surface area contributed by atoms with Crippen LogP contribution in [-0.2, 0) is 4.79 Å². The average Bonchev–Trinajstić information content (AvgIpc) is 2.77. The Balaban J connectivity index is 2.51. The van der Waals surface area contributed by atoms with Crippen LogP contribution in [0.5, 0.6) is 0 Å². The van der Waals surface area contributed by atoms with Gasteiger partial charge in [0, 0.05) is 12.6 Å². The standard InChI is InChI=1S/C15H29NO3S/c1-11(2)16-15(14(18)19)7-4-5-13(15)6-8-20-10-12(3)9-17/h11-13,16-17H,4-10H2,1-3H3,(H,18,19). The Morgan fingerprint density at radius 1 is 1.45 bits per heavy atom. The quantitative estimate of drug-likeness (QED) is 0.571. The lowest BCUT2D eigenvalue weighted by Gasteiger charge is -2.34. The van der Waals surface area contributed by atoms with Crippen LogP contribution in [0.4, 0.5) is 0 Å². The molecule has 20 heavy (non-hydrogen) atoms. The predicted octanol–water partition coefficient (Wildman–Crippen LogP) is 2.36. The van der Waals surface area contributed by atoms with Crippen molar-refractivity contribution in [2.45, 2.75) is 58.0 Å². The lowest BCUT2D eigenvalue weighted by atomic mass is 9.84. The van der Waals surface area contributed by atoms with Crippen LogP contribution in [0.3, 0.4) is 0 Å². The van der Waals surface area contributed by atoms with Gasteiger partial charge in [0.25, 0.3) is 0 Å². The van der Waals surface area contributed by atoms with E-state index in [1.807, 2.05) is 32.5 Å². The number of carbonyl (C=O) groups is 1. The molecule has 1 aliphatic rings. The number of hydrogen-bond donors (Lipinski definition) is 3. The number of rotatable bonds is 9. The van der Waals surface area contributed by atoms with Gasteiger partial charge in [0.15, 0.2) is 0 Å². The molecule has 0 aromatic heterocycles. The van der Waals surface area contributed by atoms with Crippen LogP contribution in [0.15, 0.2) is 0 Å². The number of aliphatic hydroxyl groups is 1. The van der Waals surface area contributed by atoms with Crippen LogP contribution < -0.4 is 5.32 Å². The van der Waals surface area contributed by atoms with Gasteiger partial charge in [0.2, 0.25) is 0 Å². The van der Waals surface area contributed by atoms with E-state index in [-0.39, 0.29) is 18.6 Å². The first-order valence-corrected chi connectivity index (χ1v) is 8.77. The zero-order valence-electron chi connectivity index (χ0n) is 12.9. The maximum absolute atomic E-state index is 11.8. The number of hydrogen-bond acceptors (Lipinski definition) is 4. The Labute approximate surface area is 126 Å². The molecule has 0 bridgehead atoms. The third kappa shape index (κ3) is 4.64. The molecule has 0 heterocycles. The number of nitrogens with one attached hydrogen (secondary N) is 1. The lowest BCUT2D eigenvalue weighted by molar-refractivity contribution is -0.147. The van der Waals surface area contributed by atoms with E-state index in [9.17, 15) is 9.90 Å². The normalized spacial score (nSPS) is 27.9. The molecule has 0 aliphatic heterocycles. The molecule has 1 aliphatic carbocycles. The molecule has 1 fully saturated rings. The topological polar surface area (TPSA) is 69.6 Å². The summed E-state index contributed by atoms with van der Waals surface area (Å²) in [6.45, 7) is 6.28. The second-order valence-electron chi connectivity index (χ2n) is 6.32. The fourth-order valence-electron chi connectivity index (χ4n) is 3.08. The van der Waals surface area contributed by atoms with Crippen LogP contribution in [-0.4, -0.2) is 45.9 Å². The molecule has 0 amide bonds. The summed E-state index contributed by atoms with van der Waals surface area (Å²) in [5.41, 5.74) is -0.725. The molecule has 3 atom stereocenters. The minimum Gasteiger partial charge on any atom is -0.480 e. The van der Waals surface area contributed by atoms with Crippen molar-refractivity contribution in [1.29, 1.82) is 0 Å². The summed E-state index contributed by atoms with van der Waals surface area (Å²) < 4.78 is 0. The monoisotopic (exact) mass is 303 g/mol. The molecule has 5 heteroatoms. The second-order valence-corrected chi connectivity index (χ2v) is 7.47. The summed E-state index contributed by atoms with van der Waals surface area (Å²) in [4.78, 5) is 11.8. The van der Waals surface area contributed by atoms with E-state index < -0.39 is 11.5 Å². The lowest BCUT2D eigenvalue weighted by Crippen LogP contribution is -2.57. The maximum Gasteiger partial charge on any atom is 0.324 e. The van der Waals surface area contributed by atoms with E-state index in [4.69, 9.17) is 5.11 Å². The minimum absolute atomic E-state index is 0.189. The molecule has 0 aromatic rings. The zero-order chi connectivity index (χ0) is 15.2. The summed E-state index contributed by atoms with van der Waals surface area (Å²) in [6.07, 6.45) is 3.67. The molecular formula is C15H29NO3S. The predicted molar refractivity (Wildman–Crippen MR) is 84.2 cm³/mol. The highest BCUT2D eigenvalue weighted by Gasteiger charge is 2.48. The van der Waals surface area contributed by atoms with Gasteiger partial charge in [-0.25, -0.2) is 0 Å². The fraction of sp³-hybridized carbons (Fsp3) is 0.933. The molecular weight excluding hydrogens is 274 g/mol. The van der Waals surface area contributed by atoms with Crippen molar-refractivity contribution in [1.82, 2.24) is 5.32 Å². The second kappa shape index (κ2) is 8.25. The van der Waals surface area contributed by atoms with E-state index in [1.54, 1.807) is 0 Å². The maximum atomic E-state index is 11.8. The molecule has 1 rings (SSSR count). The summed E-state index contributed by atoms with van der Waals surface area (Å²) in [7, 11) is 0. The van der Waals surface area contributed by atoms with E-state index in [0.29, 0.717) is 5.92 Å². The number of aliphatic carboxylic acids is 1. The van der Waals surface area contributed by atoms with Crippen molar-refractivity contribution in [3.8, 4) is 0 Å². The highest BCUT2D eigenvalue weighted by molar-refractivity contribution is 7.99. The van der Waals surface area contributed by atoms with Gasteiger partial charge in [-0.2, -0.15) is 11.8 Å². The van der Waals surface area contributed by atoms with Gasteiger partial charge in [0.1, 0.15) is 5.54 Å². The summed E-state index contributed by atoms with van der Waals surface area (Å²) >= 11 is 1.82. The van der Waals surface area contributed by atoms with E-state index in [0.717, 1.165) is 37.2 Å². The van der Waals surface area contributed by atoms with Gasteiger partial charge in [0.05, 0.1) is 0 Å². The van der Waals surface area contributed by atoms with Crippen molar-refractivity contribution in [2.75, 3.05) is 18.1 Å². The van der Waals surface area contributed by atoms with Crippen LogP contribution in [0.25, 0.3) is 0 Å². The number of thioether (sulfide) groups is 1. The van der Waals surface area contributed by atoms with Gasteiger partial charge in [-0.1, -0.05) is 13.3 Å². The Hall–Kier alpha value is -0.260. The molecule has 3 N–H and O–H groups in total. The number of carboxylic acids is 1. The molecule has 0 radical (unpaired) electrons. The van der Waals surface area contributed by atoms with Gasteiger partial charge in [-0.3, -0.25) is 10.1 Å². The smallest absolute Gasteiger partial charge is 0.324 e. The molecule has 0 saturated heterocycles. The molecule has 0 aromatic carbocycles. The average molecular weight is 303 g/mol. The zero-order valence-corrected chi connectivity index (χ0v) is 13.7. The molecule has 1 saturated carbocycles. The highest BCUT2D eigenvalue weighted by atomic mass is 32.2. The molecule has 4 nitrogen and oxygen atoms in total. The highest BCUT2D eigenvalue weighted by Crippen LogP contribution is 2.39. The van der Waals surface area contributed by atoms with Gasteiger partial charge in [-0.05, 0) is 56.5 Å². The van der Waals surface area contributed by atoms with Gasteiger partial charge < -0.3 is 10.2 Å². The van der Waals surface area contributed by atoms with Gasteiger partial charge >= 0.3 is 5.97 Å². The first-order chi connectivity index (χ1) is 9.42. The van der Waals surface area contributed by atoms with Crippen LogP contribution >= 0.6 is 11.8 Å². The Bertz CT molecular complexity index is 311. The molecule has 3 unspecified atom stereocenters. The molecule has 118 valence electrons. The Morgan fingerprint density at radius 2 is 2.15 bits per heavy atom. The van der Waals surface area contributed by atoms with E-state index >= 15 is 0 Å². The first kappa shape index (κ1) is 17.8. The van der Waals surface area contributed by atoms with Crippen molar-refractivity contribution >= 4 is 17.7 Å². The summed E-state index contributed by atoms with van der Waals surface area (Å²) in [5, 5.41) is 22.0. The van der Waals surface area contributed by atoms with Crippen LogP contribution in [0, 0.1) is 11.8 Å². The third-order valence-corrected chi connectivity index (χ3v) is 5.40. The largest absolute Gasteiger partial charge is 0.480 e. The SMILES string of the molecule is CC(CO)CSCCC1CCCC1(NC(C)C)C(=O)O. The first-order valence-electron chi connectivity index (χ1n) is 7.62. The summed E-state index contributed by atoms with van der Waals surface area (Å²) in [5.74, 6) is 1.77. The summed E-state index contributed by atoms with van der Waals surface area (Å²) in [6, 6.07) is 0.189. The Morgan fingerprint density at radius 3 is 2.70 bits per heavy atom. The van der Waals surface area contributed by atoms with Crippen molar-refractivity contribution in [3.05, 3.63) is 0 Å². The molecule has 0 spiro atoms.